The average molecular weight is 386 g/mol. The van der Waals surface area contributed by atoms with Gasteiger partial charge in [0.2, 0.25) is 0 Å². The Morgan fingerprint density at radius 3 is 1.86 bits per heavy atom. The number of carbonyl (C=O) groups excluding carboxylic acids is 2. The summed E-state index contributed by atoms with van der Waals surface area (Å²) in [7, 11) is 0. The van der Waals surface area contributed by atoms with Gasteiger partial charge < -0.3 is 4.74 Å². The van der Waals surface area contributed by atoms with Gasteiger partial charge in [-0.3, -0.25) is 9.59 Å². The fourth-order valence-corrected chi connectivity index (χ4v) is 4.67. The van der Waals surface area contributed by atoms with E-state index in [1.165, 1.54) is 0 Å². The third-order valence-electron chi connectivity index (χ3n) is 6.41. The molecule has 1 aliphatic carbocycles. The summed E-state index contributed by atoms with van der Waals surface area (Å²) in [4.78, 5) is 27.7. The van der Waals surface area contributed by atoms with E-state index < -0.39 is 5.41 Å². The van der Waals surface area contributed by atoms with Gasteiger partial charge in [-0.05, 0) is 49.0 Å². The molecule has 0 fully saturated rings. The predicted octanol–water partition coefficient (Wildman–Crippen LogP) is 4.87. The molecule has 2 aromatic rings. The van der Waals surface area contributed by atoms with Crippen molar-refractivity contribution in [1.29, 1.82) is 0 Å². The number of hydrogen-bond acceptors (Lipinski definition) is 3. The third-order valence-corrected chi connectivity index (χ3v) is 6.41. The lowest BCUT2D eigenvalue weighted by molar-refractivity contribution is -0.137. The molecule has 148 valence electrons. The van der Waals surface area contributed by atoms with E-state index in [-0.39, 0.29) is 23.6 Å². The van der Waals surface area contributed by atoms with E-state index >= 15 is 0 Å². The number of carbonyl (C=O) groups is 2. The van der Waals surface area contributed by atoms with Crippen LogP contribution in [0.4, 0.5) is 0 Å². The summed E-state index contributed by atoms with van der Waals surface area (Å²) in [6.07, 6.45) is 2.29. The third kappa shape index (κ3) is 3.25. The molecule has 0 saturated carbocycles. The van der Waals surface area contributed by atoms with Gasteiger partial charge in [0.1, 0.15) is 11.5 Å². The SMILES string of the molecule is CC1=C2C(=COC(C)C2C)C(=O)C(Cc2ccccc2)(Cc2ccccc2)C1=O. The normalized spacial score (nSPS) is 23.3. The van der Waals surface area contributed by atoms with Crippen molar-refractivity contribution in [3.05, 3.63) is 94.8 Å². The summed E-state index contributed by atoms with van der Waals surface area (Å²) in [6, 6.07) is 19.6. The molecule has 3 nitrogen and oxygen atoms in total. The second-order valence-electron chi connectivity index (χ2n) is 8.27. The lowest BCUT2D eigenvalue weighted by Gasteiger charge is -2.41. The molecule has 1 heterocycles. The number of rotatable bonds is 4. The number of ketones is 2. The Kier molecular flexibility index (Phi) is 4.99. The van der Waals surface area contributed by atoms with Crippen LogP contribution < -0.4 is 0 Å². The monoisotopic (exact) mass is 386 g/mol. The van der Waals surface area contributed by atoms with Crippen LogP contribution >= 0.6 is 0 Å². The van der Waals surface area contributed by atoms with Crippen molar-refractivity contribution in [3.63, 3.8) is 0 Å². The Bertz CT molecular complexity index is 936. The van der Waals surface area contributed by atoms with Crippen LogP contribution in [-0.2, 0) is 27.2 Å². The average Bonchev–Trinajstić information content (AvgIpc) is 2.74. The molecule has 0 spiro atoms. The maximum atomic E-state index is 13.9. The van der Waals surface area contributed by atoms with Crippen molar-refractivity contribution in [2.24, 2.45) is 11.3 Å². The van der Waals surface area contributed by atoms with Crippen molar-refractivity contribution in [2.75, 3.05) is 0 Å². The quantitative estimate of drug-likeness (QED) is 0.705. The molecular weight excluding hydrogens is 360 g/mol. The molecule has 29 heavy (non-hydrogen) atoms. The lowest BCUT2D eigenvalue weighted by atomic mass is 9.60. The fraction of sp³-hybridized carbons (Fsp3) is 0.308. The van der Waals surface area contributed by atoms with Crippen LogP contribution in [0.5, 0.6) is 0 Å². The molecule has 4 rings (SSSR count). The minimum Gasteiger partial charge on any atom is -0.497 e. The summed E-state index contributed by atoms with van der Waals surface area (Å²) in [5.74, 6) is -0.160. The first kappa shape index (κ1) is 19.4. The number of benzene rings is 2. The van der Waals surface area contributed by atoms with Crippen LogP contribution in [-0.4, -0.2) is 17.7 Å². The highest BCUT2D eigenvalue weighted by molar-refractivity contribution is 6.25. The Balaban J connectivity index is 1.87. The minimum atomic E-state index is -1.15. The molecule has 0 bridgehead atoms. The van der Waals surface area contributed by atoms with Gasteiger partial charge in [-0.1, -0.05) is 67.6 Å². The maximum Gasteiger partial charge on any atom is 0.180 e. The summed E-state index contributed by atoms with van der Waals surface area (Å²) in [6.45, 7) is 5.87. The first-order chi connectivity index (χ1) is 13.9. The van der Waals surface area contributed by atoms with Crippen LogP contribution in [0, 0.1) is 11.3 Å². The number of fused-ring (bicyclic) bond motifs is 1. The van der Waals surface area contributed by atoms with E-state index in [1.807, 2.05) is 81.4 Å². The second kappa shape index (κ2) is 7.47. The first-order valence-corrected chi connectivity index (χ1v) is 10.2. The summed E-state index contributed by atoms with van der Waals surface area (Å²) >= 11 is 0. The minimum absolute atomic E-state index is 0.00866. The summed E-state index contributed by atoms with van der Waals surface area (Å²) < 4.78 is 5.78. The van der Waals surface area contributed by atoms with E-state index in [9.17, 15) is 9.59 Å². The topological polar surface area (TPSA) is 43.4 Å². The predicted molar refractivity (Wildman–Crippen MR) is 113 cm³/mol. The number of ether oxygens (including phenoxy) is 1. The van der Waals surface area contributed by atoms with Crippen molar-refractivity contribution in [3.8, 4) is 0 Å². The van der Waals surface area contributed by atoms with Crippen LogP contribution in [0.25, 0.3) is 0 Å². The van der Waals surface area contributed by atoms with Crippen molar-refractivity contribution in [2.45, 2.75) is 39.7 Å². The molecule has 0 radical (unpaired) electrons. The Labute approximate surface area is 172 Å². The van der Waals surface area contributed by atoms with Gasteiger partial charge in [0.15, 0.2) is 11.6 Å². The molecule has 1 aliphatic heterocycles. The van der Waals surface area contributed by atoms with Gasteiger partial charge in [-0.25, -0.2) is 0 Å². The van der Waals surface area contributed by atoms with Crippen molar-refractivity contribution in [1.82, 2.24) is 0 Å². The van der Waals surface area contributed by atoms with E-state index in [1.54, 1.807) is 6.26 Å². The van der Waals surface area contributed by atoms with Crippen LogP contribution in [0.3, 0.4) is 0 Å². The van der Waals surface area contributed by atoms with Gasteiger partial charge in [-0.15, -0.1) is 0 Å². The summed E-state index contributed by atoms with van der Waals surface area (Å²) in [5.41, 5.74) is 2.95. The van der Waals surface area contributed by atoms with E-state index in [2.05, 4.69) is 0 Å². The second-order valence-corrected chi connectivity index (χ2v) is 8.27. The van der Waals surface area contributed by atoms with Gasteiger partial charge in [0, 0.05) is 5.92 Å². The van der Waals surface area contributed by atoms with E-state index in [4.69, 9.17) is 4.74 Å². The highest BCUT2D eigenvalue weighted by Crippen LogP contribution is 2.46. The lowest BCUT2D eigenvalue weighted by Crippen LogP contribution is -2.50. The summed E-state index contributed by atoms with van der Waals surface area (Å²) in [5, 5.41) is 0. The van der Waals surface area contributed by atoms with Crippen LogP contribution in [0.1, 0.15) is 31.9 Å². The zero-order valence-corrected chi connectivity index (χ0v) is 17.1. The van der Waals surface area contributed by atoms with Gasteiger partial charge in [-0.2, -0.15) is 0 Å². The molecule has 2 atom stereocenters. The Hall–Kier alpha value is -2.94. The smallest absolute Gasteiger partial charge is 0.180 e. The number of allylic oxidation sites excluding steroid dienone is 2. The molecule has 3 heteroatoms. The standard InChI is InChI=1S/C26H26O3/c1-17-19(3)29-16-22-23(17)18(2)24(27)26(25(22)28,14-20-10-6-4-7-11-20)15-21-12-8-5-9-13-21/h4-13,16-17,19H,14-15H2,1-3H3. The molecule has 2 aromatic carbocycles. The highest BCUT2D eigenvalue weighted by Gasteiger charge is 2.53. The Morgan fingerprint density at radius 2 is 1.34 bits per heavy atom. The molecular formula is C26H26O3. The highest BCUT2D eigenvalue weighted by atomic mass is 16.5. The van der Waals surface area contributed by atoms with E-state index in [0.717, 1.165) is 16.7 Å². The fourth-order valence-electron chi connectivity index (χ4n) is 4.67. The van der Waals surface area contributed by atoms with Gasteiger partial charge in [0.05, 0.1) is 11.8 Å². The molecule has 2 aliphatic rings. The number of hydrogen-bond donors (Lipinski definition) is 0. The van der Waals surface area contributed by atoms with Crippen LogP contribution in [0.2, 0.25) is 0 Å². The molecule has 2 unspecified atom stereocenters. The van der Waals surface area contributed by atoms with Crippen molar-refractivity contribution >= 4 is 11.6 Å². The Morgan fingerprint density at radius 1 is 0.828 bits per heavy atom. The maximum absolute atomic E-state index is 13.9. The molecule has 0 aromatic heterocycles. The van der Waals surface area contributed by atoms with Gasteiger partial charge in [0.25, 0.3) is 0 Å². The molecule has 0 saturated heterocycles. The van der Waals surface area contributed by atoms with Gasteiger partial charge >= 0.3 is 0 Å². The van der Waals surface area contributed by atoms with Crippen LogP contribution in [0.15, 0.2) is 83.6 Å². The molecule has 0 N–H and O–H groups in total. The van der Waals surface area contributed by atoms with Crippen molar-refractivity contribution < 1.29 is 14.3 Å². The van der Waals surface area contributed by atoms with E-state index in [0.29, 0.717) is 24.0 Å². The zero-order valence-electron chi connectivity index (χ0n) is 17.1. The largest absolute Gasteiger partial charge is 0.497 e. The zero-order chi connectivity index (χ0) is 20.6. The molecule has 0 amide bonds. The first-order valence-electron chi connectivity index (χ1n) is 10.2. The number of Topliss-reactive ketones (excluding diaryl/α,β-unsaturated/α-hetero) is 2.